The van der Waals surface area contributed by atoms with Crippen LogP contribution in [0.1, 0.15) is 12.7 Å². The molecule has 0 unspecified atom stereocenters. The van der Waals surface area contributed by atoms with Gasteiger partial charge in [0.15, 0.2) is 5.82 Å². The van der Waals surface area contributed by atoms with Crippen molar-refractivity contribution < 1.29 is 9.53 Å². The van der Waals surface area contributed by atoms with Crippen molar-refractivity contribution in [3.63, 3.8) is 0 Å². The average Bonchev–Trinajstić information content (AvgIpc) is 2.61. The zero-order valence-corrected chi connectivity index (χ0v) is 7.57. The first kappa shape index (κ1) is 9.33. The van der Waals surface area contributed by atoms with Crippen molar-refractivity contribution in [1.29, 1.82) is 0 Å². The number of imidazole rings is 1. The molecule has 4 nitrogen and oxygen atoms in total. The molecule has 0 bridgehead atoms. The average molecular weight is 178 g/mol. The summed E-state index contributed by atoms with van der Waals surface area (Å²) < 4.78 is 6.22. The topological polar surface area (TPSA) is 44.1 Å². The van der Waals surface area contributed by atoms with Gasteiger partial charge in [0, 0.05) is 24.9 Å². The number of carbonyl (C=O) groups is 1. The molecule has 0 N–H and O–H groups in total. The predicted octanol–water partition coefficient (Wildman–Crippen LogP) is 0.427. The Morgan fingerprint density at radius 1 is 1.77 bits per heavy atom. The molecule has 0 aromatic carbocycles. The van der Waals surface area contributed by atoms with E-state index in [-0.39, 0.29) is 0 Å². The van der Waals surface area contributed by atoms with Gasteiger partial charge in [-0.05, 0) is 12.8 Å². The molecule has 1 aromatic rings. The monoisotopic (exact) mass is 178 g/mol. The second kappa shape index (κ2) is 4.31. The number of nitrogens with zero attached hydrogens (tertiary/aromatic N) is 2. The fourth-order valence-corrected chi connectivity index (χ4v) is 0.846. The molecule has 0 aliphatic carbocycles. The Hall–Kier alpha value is -1.76. The molecule has 0 saturated carbocycles. The van der Waals surface area contributed by atoms with E-state index in [1.807, 2.05) is 11.5 Å². The summed E-state index contributed by atoms with van der Waals surface area (Å²) in [5.74, 6) is 4.96. The molecule has 0 aliphatic rings. The number of carbonyl (C=O) groups excluding carboxylic acids is 1. The maximum absolute atomic E-state index is 10.7. The fourth-order valence-electron chi connectivity index (χ4n) is 0.846. The largest absolute Gasteiger partial charge is 0.459 e. The van der Waals surface area contributed by atoms with Gasteiger partial charge < -0.3 is 9.30 Å². The molecular formula is C9H10N2O2. The van der Waals surface area contributed by atoms with Crippen LogP contribution in [0.15, 0.2) is 12.4 Å². The summed E-state index contributed by atoms with van der Waals surface area (Å²) in [6.07, 6.45) is 3.45. The minimum absolute atomic E-state index is 0.550. The van der Waals surface area contributed by atoms with E-state index >= 15 is 0 Å². The van der Waals surface area contributed by atoms with Crippen molar-refractivity contribution in [3.05, 3.63) is 18.2 Å². The highest BCUT2D eigenvalue weighted by Gasteiger charge is 1.96. The van der Waals surface area contributed by atoms with Crippen LogP contribution >= 0.6 is 0 Å². The summed E-state index contributed by atoms with van der Waals surface area (Å²) in [4.78, 5) is 14.6. The van der Waals surface area contributed by atoms with Crippen LogP contribution in [-0.2, 0) is 16.1 Å². The van der Waals surface area contributed by atoms with Crippen LogP contribution in [0.5, 0.6) is 0 Å². The summed E-state index contributed by atoms with van der Waals surface area (Å²) in [6, 6.07) is 0. The Kier molecular flexibility index (Phi) is 3.09. The van der Waals surface area contributed by atoms with Gasteiger partial charge in [-0.15, -0.1) is 0 Å². The number of methoxy groups -OCH3 is 1. The number of rotatable bonds is 1. The lowest BCUT2D eigenvalue weighted by Crippen LogP contribution is -1.98. The quantitative estimate of drug-likeness (QED) is 0.462. The zero-order chi connectivity index (χ0) is 9.68. The Morgan fingerprint density at radius 3 is 3.15 bits per heavy atom. The second-order valence-corrected chi connectivity index (χ2v) is 2.28. The number of aromatic nitrogens is 2. The highest BCUT2D eigenvalue weighted by molar-refractivity contribution is 5.88. The van der Waals surface area contributed by atoms with Crippen molar-refractivity contribution in [2.45, 2.75) is 13.5 Å². The van der Waals surface area contributed by atoms with Gasteiger partial charge in [-0.2, -0.15) is 0 Å². The van der Waals surface area contributed by atoms with Crippen molar-refractivity contribution in [2.75, 3.05) is 7.11 Å². The van der Waals surface area contributed by atoms with E-state index in [0.717, 1.165) is 6.54 Å². The van der Waals surface area contributed by atoms with Crippen LogP contribution in [-0.4, -0.2) is 22.6 Å². The molecule has 68 valence electrons. The second-order valence-electron chi connectivity index (χ2n) is 2.28. The number of ether oxygens (including phenoxy) is 1. The summed E-state index contributed by atoms with van der Waals surface area (Å²) in [7, 11) is 1.29. The Labute approximate surface area is 76.5 Å². The molecule has 0 radical (unpaired) electrons. The van der Waals surface area contributed by atoms with Crippen molar-refractivity contribution in [3.8, 4) is 11.8 Å². The highest BCUT2D eigenvalue weighted by Crippen LogP contribution is 1.94. The summed E-state index contributed by atoms with van der Waals surface area (Å²) in [5, 5.41) is 0. The Balaban J connectivity index is 2.82. The van der Waals surface area contributed by atoms with Crippen LogP contribution in [0.25, 0.3) is 0 Å². The van der Waals surface area contributed by atoms with E-state index < -0.39 is 5.97 Å². The number of hydrogen-bond acceptors (Lipinski definition) is 3. The molecule has 1 heterocycles. The summed E-state index contributed by atoms with van der Waals surface area (Å²) in [6.45, 7) is 2.76. The Bertz CT molecular complexity index is 357. The molecule has 0 aliphatic heterocycles. The first-order valence-corrected chi connectivity index (χ1v) is 3.89. The molecular weight excluding hydrogens is 168 g/mol. The lowest BCUT2D eigenvalue weighted by Gasteiger charge is -1.95. The molecule has 0 fully saturated rings. The SMILES string of the molecule is CCn1ccnc1C#CC(=O)OC. The molecule has 0 spiro atoms. The normalized spacial score (nSPS) is 8.77. The van der Waals surface area contributed by atoms with E-state index in [2.05, 4.69) is 21.6 Å². The van der Waals surface area contributed by atoms with Gasteiger partial charge in [-0.1, -0.05) is 0 Å². The molecule has 0 atom stereocenters. The van der Waals surface area contributed by atoms with E-state index in [0.29, 0.717) is 5.82 Å². The van der Waals surface area contributed by atoms with E-state index in [1.165, 1.54) is 7.11 Å². The number of esters is 1. The van der Waals surface area contributed by atoms with Crippen molar-refractivity contribution in [2.24, 2.45) is 0 Å². The van der Waals surface area contributed by atoms with Gasteiger partial charge in [0.1, 0.15) is 0 Å². The van der Waals surface area contributed by atoms with Crippen LogP contribution in [0.3, 0.4) is 0 Å². The van der Waals surface area contributed by atoms with Gasteiger partial charge in [0.25, 0.3) is 0 Å². The molecule has 0 amide bonds. The van der Waals surface area contributed by atoms with Gasteiger partial charge in [0.05, 0.1) is 7.11 Å². The molecule has 1 rings (SSSR count). The third-order valence-electron chi connectivity index (χ3n) is 1.52. The van der Waals surface area contributed by atoms with Gasteiger partial charge in [0.2, 0.25) is 0 Å². The van der Waals surface area contributed by atoms with Crippen LogP contribution in [0.4, 0.5) is 0 Å². The molecule has 13 heavy (non-hydrogen) atoms. The lowest BCUT2D eigenvalue weighted by molar-refractivity contribution is -0.133. The third-order valence-corrected chi connectivity index (χ3v) is 1.52. The smallest absolute Gasteiger partial charge is 0.384 e. The van der Waals surface area contributed by atoms with Crippen molar-refractivity contribution >= 4 is 5.97 Å². The third kappa shape index (κ3) is 2.34. The Morgan fingerprint density at radius 2 is 2.54 bits per heavy atom. The number of aryl methyl sites for hydroxylation is 1. The van der Waals surface area contributed by atoms with Gasteiger partial charge >= 0.3 is 5.97 Å². The lowest BCUT2D eigenvalue weighted by atomic mass is 10.5. The van der Waals surface area contributed by atoms with Crippen LogP contribution in [0.2, 0.25) is 0 Å². The maximum Gasteiger partial charge on any atom is 0.384 e. The zero-order valence-electron chi connectivity index (χ0n) is 7.57. The predicted molar refractivity (Wildman–Crippen MR) is 46.8 cm³/mol. The van der Waals surface area contributed by atoms with E-state index in [9.17, 15) is 4.79 Å². The first-order chi connectivity index (χ1) is 6.27. The fraction of sp³-hybridized carbons (Fsp3) is 0.333. The molecule has 0 saturated heterocycles. The summed E-state index contributed by atoms with van der Waals surface area (Å²) >= 11 is 0. The molecule has 4 heteroatoms. The minimum Gasteiger partial charge on any atom is -0.459 e. The standard InChI is InChI=1S/C9H10N2O2/c1-3-11-7-6-10-8(11)4-5-9(12)13-2/h6-7H,3H2,1-2H3. The molecule has 1 aromatic heterocycles. The summed E-state index contributed by atoms with van der Waals surface area (Å²) in [5.41, 5.74) is 0. The van der Waals surface area contributed by atoms with E-state index in [1.54, 1.807) is 12.4 Å². The van der Waals surface area contributed by atoms with Gasteiger partial charge in [-0.25, -0.2) is 9.78 Å². The number of hydrogen-bond donors (Lipinski definition) is 0. The van der Waals surface area contributed by atoms with Crippen LogP contribution in [0, 0.1) is 11.8 Å². The minimum atomic E-state index is -0.550. The maximum atomic E-state index is 10.7. The van der Waals surface area contributed by atoms with E-state index in [4.69, 9.17) is 0 Å². The van der Waals surface area contributed by atoms with Crippen LogP contribution < -0.4 is 0 Å². The van der Waals surface area contributed by atoms with Crippen molar-refractivity contribution in [1.82, 2.24) is 9.55 Å². The first-order valence-electron chi connectivity index (χ1n) is 3.89. The highest BCUT2D eigenvalue weighted by atomic mass is 16.5. The van der Waals surface area contributed by atoms with Gasteiger partial charge in [-0.3, -0.25) is 0 Å².